The predicted octanol–water partition coefficient (Wildman–Crippen LogP) is 3.05. The molecule has 1 saturated carbocycles. The highest BCUT2D eigenvalue weighted by atomic mass is 35.5. The molecule has 1 aromatic carbocycles. The van der Waals surface area contributed by atoms with Crippen LogP contribution in [0.3, 0.4) is 0 Å². The van der Waals surface area contributed by atoms with Crippen molar-refractivity contribution in [3.63, 3.8) is 0 Å². The quantitative estimate of drug-likeness (QED) is 0.420. The van der Waals surface area contributed by atoms with Crippen molar-refractivity contribution in [1.82, 2.24) is 15.1 Å². The molecule has 5 rings (SSSR count). The number of nitrogens with two attached hydrogens (primary N) is 1. The van der Waals surface area contributed by atoms with Crippen LogP contribution in [0.15, 0.2) is 30.4 Å². The number of hydrogen-bond acceptors (Lipinski definition) is 7. The molecule has 1 aliphatic carbocycles. The van der Waals surface area contributed by atoms with E-state index in [1.54, 1.807) is 17.9 Å². The molecule has 216 valence electrons. The van der Waals surface area contributed by atoms with Gasteiger partial charge in [-0.2, -0.15) is 0 Å². The highest BCUT2D eigenvalue weighted by Crippen LogP contribution is 2.46. The lowest BCUT2D eigenvalue weighted by atomic mass is 10.1. The van der Waals surface area contributed by atoms with E-state index in [4.69, 9.17) is 26.8 Å². The molecule has 0 unspecified atom stereocenters. The summed E-state index contributed by atoms with van der Waals surface area (Å²) in [7, 11) is 0. The third kappa shape index (κ3) is 5.69. The fraction of sp³-hybridized carbons (Fsp3) is 0.586. The maximum atomic E-state index is 13.7. The van der Waals surface area contributed by atoms with E-state index in [9.17, 15) is 19.2 Å². The Kier molecular flexibility index (Phi) is 8.37. The largest absolute Gasteiger partial charge is 0.464 e. The van der Waals surface area contributed by atoms with E-state index >= 15 is 0 Å². The van der Waals surface area contributed by atoms with Crippen LogP contribution in [0.5, 0.6) is 0 Å². The van der Waals surface area contributed by atoms with Crippen molar-refractivity contribution in [1.29, 1.82) is 0 Å². The minimum Gasteiger partial charge on any atom is -0.464 e. The van der Waals surface area contributed by atoms with Gasteiger partial charge in [-0.25, -0.2) is 9.59 Å². The number of nitrogens with zero attached hydrogens (tertiary/aromatic N) is 2. The Bertz CT molecular complexity index is 1210. The number of amides is 3. The van der Waals surface area contributed by atoms with Crippen molar-refractivity contribution in [3.8, 4) is 0 Å². The van der Waals surface area contributed by atoms with Gasteiger partial charge in [0.2, 0.25) is 11.8 Å². The number of hydrogen-bond donors (Lipinski definition) is 2. The highest BCUT2D eigenvalue weighted by Gasteiger charge is 2.62. The summed E-state index contributed by atoms with van der Waals surface area (Å²) in [5.74, 6) is -1.49. The topological polar surface area (TPSA) is 131 Å². The molecule has 0 radical (unpaired) electrons. The number of fused-ring (bicyclic) bond motifs is 3. The fourth-order valence-corrected chi connectivity index (χ4v) is 6.27. The normalized spacial score (nSPS) is 31.2. The summed E-state index contributed by atoms with van der Waals surface area (Å²) in [4.78, 5) is 56.1. The third-order valence-corrected chi connectivity index (χ3v) is 8.73. The van der Waals surface area contributed by atoms with E-state index in [-0.39, 0.29) is 31.4 Å². The van der Waals surface area contributed by atoms with Crippen LogP contribution in [-0.4, -0.2) is 70.6 Å². The molecule has 2 fully saturated rings. The van der Waals surface area contributed by atoms with Crippen LogP contribution in [-0.2, 0) is 36.9 Å². The Hall–Kier alpha value is -3.11. The number of carbonyl (C=O) groups excluding carboxylic acids is 4. The fourth-order valence-electron chi connectivity index (χ4n) is 6.01. The van der Waals surface area contributed by atoms with E-state index < -0.39 is 41.7 Å². The molecular formula is C29H37ClN4O6. The first-order valence-electron chi connectivity index (χ1n) is 14.2. The van der Waals surface area contributed by atoms with Crippen molar-refractivity contribution < 1.29 is 28.7 Å². The van der Waals surface area contributed by atoms with Gasteiger partial charge in [-0.3, -0.25) is 14.5 Å². The Balaban J connectivity index is 1.33. The zero-order valence-corrected chi connectivity index (χ0v) is 23.5. The summed E-state index contributed by atoms with van der Waals surface area (Å²) in [6.45, 7) is 2.67. The van der Waals surface area contributed by atoms with E-state index in [2.05, 4.69) is 5.32 Å². The monoisotopic (exact) mass is 572 g/mol. The van der Waals surface area contributed by atoms with Crippen LogP contribution in [0.1, 0.15) is 63.0 Å². The minimum absolute atomic E-state index is 0.0492. The van der Waals surface area contributed by atoms with Crippen molar-refractivity contribution in [2.45, 2.75) is 88.7 Å². The van der Waals surface area contributed by atoms with Crippen molar-refractivity contribution in [2.75, 3.05) is 13.2 Å². The van der Waals surface area contributed by atoms with E-state index in [0.717, 1.165) is 36.8 Å². The van der Waals surface area contributed by atoms with Crippen LogP contribution in [0.2, 0.25) is 5.02 Å². The van der Waals surface area contributed by atoms with Crippen molar-refractivity contribution in [2.24, 2.45) is 11.7 Å². The Morgan fingerprint density at radius 3 is 2.80 bits per heavy atom. The predicted molar refractivity (Wildman–Crippen MR) is 147 cm³/mol. The number of carbonyl (C=O) groups is 4. The number of esters is 1. The van der Waals surface area contributed by atoms with Crippen molar-refractivity contribution >= 4 is 35.5 Å². The SMILES string of the molecule is CCOC(=O)[C@@]12C[C@@H]1/C=C\CCCCC[C@H](N)C(=O)N1C[C@H](OC(=O)N3Cc4cccc(Cl)c4C3)C[C@H]1C(=O)N2. The van der Waals surface area contributed by atoms with Gasteiger partial charge in [-0.15, -0.1) is 0 Å². The molecule has 10 nitrogen and oxygen atoms in total. The van der Waals surface area contributed by atoms with Gasteiger partial charge in [0.1, 0.15) is 17.7 Å². The third-order valence-electron chi connectivity index (χ3n) is 8.37. The molecule has 5 atom stereocenters. The second-order valence-corrected chi connectivity index (χ2v) is 11.6. The van der Waals surface area contributed by atoms with E-state index in [1.165, 1.54) is 4.90 Å². The number of ether oxygens (including phenoxy) is 2. The molecule has 1 saturated heterocycles. The Morgan fingerprint density at radius 1 is 1.20 bits per heavy atom. The number of allylic oxidation sites excluding steroid dienone is 1. The summed E-state index contributed by atoms with van der Waals surface area (Å²) in [5, 5.41) is 3.51. The van der Waals surface area contributed by atoms with Crippen LogP contribution >= 0.6 is 11.6 Å². The van der Waals surface area contributed by atoms with Gasteiger partial charge in [0, 0.05) is 23.9 Å². The van der Waals surface area contributed by atoms with Gasteiger partial charge in [-0.05, 0) is 49.8 Å². The molecule has 11 heteroatoms. The molecule has 3 amide bonds. The number of rotatable bonds is 3. The smallest absolute Gasteiger partial charge is 0.410 e. The summed E-state index contributed by atoms with van der Waals surface area (Å²) in [6, 6.07) is 3.85. The summed E-state index contributed by atoms with van der Waals surface area (Å²) >= 11 is 6.30. The lowest BCUT2D eigenvalue weighted by Crippen LogP contribution is -2.55. The van der Waals surface area contributed by atoms with Gasteiger partial charge in [-0.1, -0.05) is 48.7 Å². The van der Waals surface area contributed by atoms with E-state index in [0.29, 0.717) is 31.0 Å². The maximum Gasteiger partial charge on any atom is 0.410 e. The summed E-state index contributed by atoms with van der Waals surface area (Å²) < 4.78 is 11.1. The average Bonchev–Trinajstić information content (AvgIpc) is 3.24. The molecule has 0 aromatic heterocycles. The van der Waals surface area contributed by atoms with E-state index in [1.807, 2.05) is 24.3 Å². The second kappa shape index (κ2) is 11.8. The average molecular weight is 573 g/mol. The first-order valence-corrected chi connectivity index (χ1v) is 14.5. The standard InChI is InChI=1S/C29H37ClN4O6/c1-2-39-27(37)29-14-19(29)10-6-4-3-5-7-12-23(31)26(36)34-16-20(13-24(34)25(35)32-29)40-28(38)33-15-18-9-8-11-22(30)21(18)17-33/h6,8-11,19-20,23-24H,2-5,7,12-17,31H2,1H3,(H,32,35)/b10-6-/t19-,20+,23-,24-,29+/m0/s1. The molecule has 1 aromatic rings. The lowest BCUT2D eigenvalue weighted by molar-refractivity contribution is -0.150. The zero-order chi connectivity index (χ0) is 28.4. The summed E-state index contributed by atoms with van der Waals surface area (Å²) in [6.07, 6.45) is 7.33. The zero-order valence-electron chi connectivity index (χ0n) is 22.8. The minimum atomic E-state index is -1.16. The highest BCUT2D eigenvalue weighted by molar-refractivity contribution is 6.31. The molecular weight excluding hydrogens is 536 g/mol. The molecule has 3 heterocycles. The van der Waals surface area contributed by atoms with Crippen LogP contribution in [0.25, 0.3) is 0 Å². The number of halogens is 1. The van der Waals surface area contributed by atoms with Crippen molar-refractivity contribution in [3.05, 3.63) is 46.5 Å². The van der Waals surface area contributed by atoms with Crippen LogP contribution < -0.4 is 11.1 Å². The Morgan fingerprint density at radius 2 is 2.02 bits per heavy atom. The number of nitrogens with one attached hydrogen (secondary N) is 1. The van der Waals surface area contributed by atoms with Gasteiger partial charge in [0.25, 0.3) is 0 Å². The molecule has 0 spiro atoms. The van der Waals surface area contributed by atoms with Gasteiger partial charge in [0.05, 0.1) is 25.7 Å². The summed E-state index contributed by atoms with van der Waals surface area (Å²) in [5.41, 5.74) is 6.97. The Labute approximate surface area is 239 Å². The molecule has 0 bridgehead atoms. The first kappa shape index (κ1) is 28.4. The van der Waals surface area contributed by atoms with Crippen LogP contribution in [0, 0.1) is 5.92 Å². The maximum absolute atomic E-state index is 13.7. The number of benzene rings is 1. The molecule has 3 aliphatic heterocycles. The molecule has 40 heavy (non-hydrogen) atoms. The van der Waals surface area contributed by atoms with Gasteiger partial charge in [0.15, 0.2) is 0 Å². The molecule has 3 N–H and O–H groups in total. The molecule has 4 aliphatic rings. The second-order valence-electron chi connectivity index (χ2n) is 11.1. The first-order chi connectivity index (χ1) is 19.2. The van der Waals surface area contributed by atoms with Crippen LogP contribution in [0.4, 0.5) is 4.79 Å². The van der Waals surface area contributed by atoms with Gasteiger partial charge >= 0.3 is 12.1 Å². The lowest BCUT2D eigenvalue weighted by Gasteiger charge is -2.28. The van der Waals surface area contributed by atoms with Gasteiger partial charge < -0.3 is 25.4 Å².